The quantitative estimate of drug-likeness (QED) is 0.945. The van der Waals surface area contributed by atoms with Gasteiger partial charge in [0.05, 0.1) is 10.9 Å². The third kappa shape index (κ3) is 3.68. The van der Waals surface area contributed by atoms with Crippen LogP contribution in [-0.4, -0.2) is 21.7 Å². The molecule has 112 valence electrons. The molecule has 2 rings (SSSR count). The molecule has 1 atom stereocenters. The van der Waals surface area contributed by atoms with Crippen molar-refractivity contribution in [3.63, 3.8) is 0 Å². The van der Waals surface area contributed by atoms with Gasteiger partial charge in [-0.1, -0.05) is 18.2 Å². The molecule has 0 aliphatic rings. The van der Waals surface area contributed by atoms with E-state index in [0.29, 0.717) is 0 Å². The first-order valence-electron chi connectivity index (χ1n) is 6.55. The summed E-state index contributed by atoms with van der Waals surface area (Å²) in [5.41, 5.74) is 2.37. The van der Waals surface area contributed by atoms with Crippen LogP contribution in [-0.2, 0) is 9.84 Å². The van der Waals surface area contributed by atoms with Crippen LogP contribution in [0.25, 0.3) is 0 Å². The average molecular weight is 307 g/mol. The van der Waals surface area contributed by atoms with Crippen LogP contribution >= 0.6 is 0 Å². The molecule has 1 unspecified atom stereocenters. The summed E-state index contributed by atoms with van der Waals surface area (Å²) in [6.45, 7) is 1.83. The predicted molar refractivity (Wildman–Crippen MR) is 81.6 cm³/mol. The molecule has 0 bridgehead atoms. The molecule has 0 heterocycles. The standard InChI is InChI=1S/C16H18FNO2S/c1-11-7-13(9-14(17)8-11)16(18-2)12-5-4-6-15(10-12)21(3,19)20/h4-10,16,18H,1-3H3. The van der Waals surface area contributed by atoms with Crippen LogP contribution < -0.4 is 5.32 Å². The molecule has 1 N–H and O–H groups in total. The highest BCUT2D eigenvalue weighted by Crippen LogP contribution is 2.25. The summed E-state index contributed by atoms with van der Waals surface area (Å²) in [7, 11) is -1.51. The Morgan fingerprint density at radius 1 is 1.10 bits per heavy atom. The van der Waals surface area contributed by atoms with Crippen LogP contribution in [0.15, 0.2) is 47.4 Å². The third-order valence-corrected chi connectivity index (χ3v) is 4.42. The Kier molecular flexibility index (Phi) is 4.44. The lowest BCUT2D eigenvalue weighted by molar-refractivity contribution is 0.600. The summed E-state index contributed by atoms with van der Waals surface area (Å²) in [4.78, 5) is 0.258. The van der Waals surface area contributed by atoms with Crippen molar-refractivity contribution >= 4 is 9.84 Å². The van der Waals surface area contributed by atoms with E-state index in [1.807, 2.05) is 19.1 Å². The van der Waals surface area contributed by atoms with Crippen LogP contribution in [0, 0.1) is 12.7 Å². The first-order valence-corrected chi connectivity index (χ1v) is 8.45. The number of halogens is 1. The number of hydrogen-bond acceptors (Lipinski definition) is 3. The van der Waals surface area contributed by atoms with E-state index < -0.39 is 9.84 Å². The summed E-state index contributed by atoms with van der Waals surface area (Å²) in [5.74, 6) is -0.301. The van der Waals surface area contributed by atoms with Crippen LogP contribution in [0.1, 0.15) is 22.7 Å². The maximum absolute atomic E-state index is 13.6. The Labute approximate surface area is 124 Å². The van der Waals surface area contributed by atoms with Gasteiger partial charge < -0.3 is 5.32 Å². The summed E-state index contributed by atoms with van der Waals surface area (Å²) >= 11 is 0. The molecule has 0 saturated heterocycles. The number of nitrogens with one attached hydrogen (secondary N) is 1. The minimum absolute atomic E-state index is 0.258. The molecule has 5 heteroatoms. The minimum atomic E-state index is -3.27. The van der Waals surface area contributed by atoms with Gasteiger partial charge in [0.25, 0.3) is 0 Å². The SMILES string of the molecule is CNC(c1cc(C)cc(F)c1)c1cccc(S(C)(=O)=O)c1. The topological polar surface area (TPSA) is 46.2 Å². The Morgan fingerprint density at radius 3 is 2.38 bits per heavy atom. The van der Waals surface area contributed by atoms with Gasteiger partial charge in [0, 0.05) is 6.26 Å². The normalized spacial score (nSPS) is 13.1. The second-order valence-corrected chi connectivity index (χ2v) is 7.14. The molecule has 0 radical (unpaired) electrons. The lowest BCUT2D eigenvalue weighted by Crippen LogP contribution is -2.18. The number of benzene rings is 2. The van der Waals surface area contributed by atoms with Crippen LogP contribution in [0.2, 0.25) is 0 Å². The molecule has 0 aromatic heterocycles. The fourth-order valence-corrected chi connectivity index (χ4v) is 3.06. The monoisotopic (exact) mass is 307 g/mol. The maximum Gasteiger partial charge on any atom is 0.175 e. The fraction of sp³-hybridized carbons (Fsp3) is 0.250. The van der Waals surface area contributed by atoms with Crippen molar-refractivity contribution in [1.82, 2.24) is 5.32 Å². The molecule has 2 aromatic rings. The van der Waals surface area contributed by atoms with E-state index in [1.165, 1.54) is 18.4 Å². The summed E-state index contributed by atoms with van der Waals surface area (Å²) in [6.07, 6.45) is 1.17. The van der Waals surface area contributed by atoms with Crippen LogP contribution in [0.3, 0.4) is 0 Å². The lowest BCUT2D eigenvalue weighted by atomic mass is 9.97. The van der Waals surface area contributed by atoms with Gasteiger partial charge in [-0.15, -0.1) is 0 Å². The Hall–Kier alpha value is -1.72. The average Bonchev–Trinajstić information content (AvgIpc) is 2.38. The van der Waals surface area contributed by atoms with E-state index in [4.69, 9.17) is 0 Å². The summed E-state index contributed by atoms with van der Waals surface area (Å²) in [6, 6.07) is 11.3. The summed E-state index contributed by atoms with van der Waals surface area (Å²) in [5, 5.41) is 3.11. The molecule has 0 aliphatic heterocycles. The van der Waals surface area contributed by atoms with Gasteiger partial charge in [0.2, 0.25) is 0 Å². The zero-order valence-electron chi connectivity index (χ0n) is 12.2. The van der Waals surface area contributed by atoms with Crippen LogP contribution in [0.4, 0.5) is 4.39 Å². The second-order valence-electron chi connectivity index (χ2n) is 5.13. The van der Waals surface area contributed by atoms with E-state index in [1.54, 1.807) is 25.2 Å². The first-order chi connectivity index (χ1) is 9.81. The first kappa shape index (κ1) is 15.7. The Bertz CT molecular complexity index is 736. The van der Waals surface area contributed by atoms with Gasteiger partial charge in [0.15, 0.2) is 9.84 Å². The number of hydrogen-bond donors (Lipinski definition) is 1. The minimum Gasteiger partial charge on any atom is -0.309 e. The fourth-order valence-electron chi connectivity index (χ4n) is 2.38. The van der Waals surface area contributed by atoms with Gasteiger partial charge in [-0.3, -0.25) is 0 Å². The molecular formula is C16H18FNO2S. The maximum atomic E-state index is 13.6. The van der Waals surface area contributed by atoms with Crippen molar-refractivity contribution in [1.29, 1.82) is 0 Å². The Balaban J connectivity index is 2.51. The van der Waals surface area contributed by atoms with E-state index in [0.717, 1.165) is 16.7 Å². The van der Waals surface area contributed by atoms with Gasteiger partial charge in [-0.25, -0.2) is 12.8 Å². The molecular weight excluding hydrogens is 289 g/mol. The van der Waals surface area contributed by atoms with E-state index in [-0.39, 0.29) is 16.8 Å². The van der Waals surface area contributed by atoms with Gasteiger partial charge in [-0.05, 0) is 54.9 Å². The highest BCUT2D eigenvalue weighted by atomic mass is 32.2. The van der Waals surface area contributed by atoms with Crippen molar-refractivity contribution in [3.05, 3.63) is 65.0 Å². The number of sulfone groups is 1. The predicted octanol–water partition coefficient (Wildman–Crippen LogP) is 2.85. The largest absolute Gasteiger partial charge is 0.309 e. The highest BCUT2D eigenvalue weighted by Gasteiger charge is 2.16. The molecule has 0 aliphatic carbocycles. The molecule has 2 aromatic carbocycles. The zero-order chi connectivity index (χ0) is 15.6. The molecule has 3 nitrogen and oxygen atoms in total. The summed E-state index contributed by atoms with van der Waals surface area (Å²) < 4.78 is 36.9. The number of aryl methyl sites for hydroxylation is 1. The van der Waals surface area contributed by atoms with E-state index in [2.05, 4.69) is 5.32 Å². The highest BCUT2D eigenvalue weighted by molar-refractivity contribution is 7.90. The van der Waals surface area contributed by atoms with Crippen molar-refractivity contribution in [3.8, 4) is 0 Å². The molecule has 0 amide bonds. The molecule has 0 fully saturated rings. The van der Waals surface area contributed by atoms with Crippen LogP contribution in [0.5, 0.6) is 0 Å². The molecule has 0 saturated carbocycles. The number of rotatable bonds is 4. The van der Waals surface area contributed by atoms with Gasteiger partial charge in [-0.2, -0.15) is 0 Å². The van der Waals surface area contributed by atoms with Crippen molar-refractivity contribution < 1.29 is 12.8 Å². The van der Waals surface area contributed by atoms with Gasteiger partial charge in [0.1, 0.15) is 5.82 Å². The van der Waals surface area contributed by atoms with Gasteiger partial charge >= 0.3 is 0 Å². The van der Waals surface area contributed by atoms with Crippen molar-refractivity contribution in [2.24, 2.45) is 0 Å². The smallest absolute Gasteiger partial charge is 0.175 e. The molecule has 0 spiro atoms. The van der Waals surface area contributed by atoms with E-state index >= 15 is 0 Å². The second kappa shape index (κ2) is 5.95. The van der Waals surface area contributed by atoms with Crippen molar-refractivity contribution in [2.45, 2.75) is 17.9 Å². The zero-order valence-corrected chi connectivity index (χ0v) is 13.0. The van der Waals surface area contributed by atoms with E-state index in [9.17, 15) is 12.8 Å². The Morgan fingerprint density at radius 2 is 1.81 bits per heavy atom. The lowest BCUT2D eigenvalue weighted by Gasteiger charge is -2.18. The third-order valence-electron chi connectivity index (χ3n) is 3.31. The molecule has 21 heavy (non-hydrogen) atoms. The van der Waals surface area contributed by atoms with Crippen molar-refractivity contribution in [2.75, 3.05) is 13.3 Å².